The number of carbonyl (C=O) groups is 2. The number of hydrogen-bond acceptors (Lipinski definition) is 13. The Kier molecular flexibility index (Phi) is 42.5. The van der Waals surface area contributed by atoms with Crippen LogP contribution in [0, 0.1) is 0 Å². The zero-order valence-corrected chi connectivity index (χ0v) is 27.9. The first-order valence-corrected chi connectivity index (χ1v) is 15.9. The van der Waals surface area contributed by atoms with Crippen LogP contribution in [0.2, 0.25) is 0 Å². The van der Waals surface area contributed by atoms with Gasteiger partial charge in [-0.25, -0.2) is 0 Å². The second kappa shape index (κ2) is 41.7. The van der Waals surface area contributed by atoms with Crippen LogP contribution in [0.1, 0.15) is 37.0 Å². The van der Waals surface area contributed by atoms with Crippen molar-refractivity contribution in [2.75, 3.05) is 152 Å². The number of likely N-dealkylation sites (N-methyl/N-ethyl adjacent to an activating group) is 1. The Bertz CT molecular complexity index is 588. The molecule has 14 nitrogen and oxygen atoms in total. The highest BCUT2D eigenvalue weighted by Crippen LogP contribution is 1.88. The summed E-state index contributed by atoms with van der Waals surface area (Å²) in [6.45, 7) is 19.0. The van der Waals surface area contributed by atoms with Gasteiger partial charge in [0, 0.05) is 22.4 Å². The van der Waals surface area contributed by atoms with Gasteiger partial charge in [-0.3, -0.25) is 9.59 Å². The summed E-state index contributed by atoms with van der Waals surface area (Å²) in [5.74, 6) is -0.125. The Morgan fingerprint density at radius 1 is 0.477 bits per heavy atom. The summed E-state index contributed by atoms with van der Waals surface area (Å²) in [7, 11) is 0. The van der Waals surface area contributed by atoms with Crippen molar-refractivity contribution in [3.05, 3.63) is 0 Å². The molecule has 44 heavy (non-hydrogen) atoms. The molecule has 1 amide bonds. The number of hydrogen-bond donors (Lipinski definition) is 2. The normalized spacial score (nSPS) is 10.9. The highest BCUT2D eigenvalue weighted by atomic mass is 16.6. The van der Waals surface area contributed by atoms with E-state index in [4.69, 9.17) is 47.4 Å². The average Bonchev–Trinajstić information content (AvgIpc) is 3.02. The lowest BCUT2D eigenvalue weighted by Crippen LogP contribution is -2.28. The Morgan fingerprint density at radius 3 is 1.16 bits per heavy atom. The highest BCUT2D eigenvalue weighted by molar-refractivity contribution is 5.76. The van der Waals surface area contributed by atoms with Crippen LogP contribution in [0.15, 0.2) is 0 Å². The molecule has 14 heteroatoms. The minimum atomic E-state index is -0.103. The van der Waals surface area contributed by atoms with E-state index in [-0.39, 0.29) is 27.6 Å². The van der Waals surface area contributed by atoms with E-state index in [1.54, 1.807) is 0 Å². The molecule has 0 saturated carbocycles. The third-order valence-corrected chi connectivity index (χ3v) is 5.00. The van der Waals surface area contributed by atoms with Gasteiger partial charge in [0.25, 0.3) is 0 Å². The standard InChI is InChI=1S/C28H56N2O12.C2H6.2H2/c1-3-29-5-8-34-11-13-37-15-17-39-19-21-41-23-22-40-20-18-38-16-14-36-12-10-33-7-4-28(32)30-6-9-35-24-25-42-26-27(2)31;1-2;;/h29H,3-26H2,1-2H3,(H,30,32);1-2H3;2*1H. The van der Waals surface area contributed by atoms with Crippen molar-refractivity contribution in [2.24, 2.45) is 0 Å². The number of ketones is 1. The number of carbonyl (C=O) groups excluding carboxylic acids is 2. The molecule has 2 N–H and O–H groups in total. The summed E-state index contributed by atoms with van der Waals surface area (Å²) in [6, 6.07) is 0. The molecule has 0 unspecified atom stereocenters. The van der Waals surface area contributed by atoms with E-state index in [0.29, 0.717) is 132 Å². The minimum Gasteiger partial charge on any atom is -0.379 e. The van der Waals surface area contributed by atoms with Gasteiger partial charge in [-0.15, -0.1) is 0 Å². The van der Waals surface area contributed by atoms with Crippen molar-refractivity contribution in [1.29, 1.82) is 0 Å². The van der Waals surface area contributed by atoms with E-state index in [0.717, 1.165) is 13.1 Å². The maximum atomic E-state index is 11.7. The summed E-state index contributed by atoms with van der Waals surface area (Å²) in [6.07, 6.45) is 0.271. The molecule has 0 spiro atoms. The lowest BCUT2D eigenvalue weighted by molar-refractivity contribution is -0.123. The predicted octanol–water partition coefficient (Wildman–Crippen LogP) is 1.38. The van der Waals surface area contributed by atoms with Crippen molar-refractivity contribution in [3.8, 4) is 0 Å². The molecule has 0 aliphatic heterocycles. The van der Waals surface area contributed by atoms with Crippen molar-refractivity contribution >= 4 is 11.7 Å². The van der Waals surface area contributed by atoms with Crippen LogP contribution in [-0.4, -0.2) is 163 Å². The van der Waals surface area contributed by atoms with Crippen LogP contribution in [-0.2, 0) is 57.0 Å². The fourth-order valence-corrected chi connectivity index (χ4v) is 2.91. The quantitative estimate of drug-likeness (QED) is 0.0945. The summed E-state index contributed by atoms with van der Waals surface area (Å²) in [5.41, 5.74) is 0. The first kappa shape index (κ1) is 44.8. The molecule has 0 aliphatic rings. The van der Waals surface area contributed by atoms with Gasteiger partial charge in [0.1, 0.15) is 6.61 Å². The monoisotopic (exact) mass is 646 g/mol. The average molecular weight is 647 g/mol. The van der Waals surface area contributed by atoms with Crippen LogP contribution in [0.5, 0.6) is 0 Å². The van der Waals surface area contributed by atoms with E-state index in [1.807, 2.05) is 13.8 Å². The van der Waals surface area contributed by atoms with Crippen LogP contribution in [0.3, 0.4) is 0 Å². The molecule has 268 valence electrons. The smallest absolute Gasteiger partial charge is 0.222 e. The van der Waals surface area contributed by atoms with Crippen molar-refractivity contribution in [3.63, 3.8) is 0 Å². The first-order valence-electron chi connectivity index (χ1n) is 15.9. The first-order chi connectivity index (χ1) is 21.7. The number of ether oxygens (including phenoxy) is 10. The van der Waals surface area contributed by atoms with Crippen LogP contribution in [0.25, 0.3) is 0 Å². The number of Topliss-reactive ketones (excluding diaryl/α,β-unsaturated/α-hetero) is 1. The topological polar surface area (TPSA) is 151 Å². The van der Waals surface area contributed by atoms with Gasteiger partial charge in [0.2, 0.25) is 5.91 Å². The van der Waals surface area contributed by atoms with Gasteiger partial charge in [0.15, 0.2) is 5.78 Å². The molecule has 0 saturated heterocycles. The van der Waals surface area contributed by atoms with Crippen molar-refractivity contribution in [1.82, 2.24) is 10.6 Å². The molecule has 0 radical (unpaired) electrons. The molecule has 0 aromatic carbocycles. The SMILES string of the molecule is CC.CCNCCOCCOCCOCCOCCOCCOCCOCCOCCC(=O)NCCOCCOCC(C)=O.[HH].[HH]. The lowest BCUT2D eigenvalue weighted by Gasteiger charge is -2.09. The minimum absolute atomic E-state index is 0. The molecule has 0 fully saturated rings. The summed E-state index contributed by atoms with van der Waals surface area (Å²) in [4.78, 5) is 22.4. The molecule has 0 bridgehead atoms. The maximum Gasteiger partial charge on any atom is 0.222 e. The fourth-order valence-electron chi connectivity index (χ4n) is 2.91. The molecule has 0 aromatic rings. The van der Waals surface area contributed by atoms with Gasteiger partial charge in [-0.05, 0) is 13.5 Å². The maximum absolute atomic E-state index is 11.7. The molecule has 0 heterocycles. The molecular weight excluding hydrogens is 580 g/mol. The number of rotatable bonds is 36. The summed E-state index contributed by atoms with van der Waals surface area (Å²) >= 11 is 0. The van der Waals surface area contributed by atoms with E-state index < -0.39 is 0 Å². The largest absolute Gasteiger partial charge is 0.379 e. The third kappa shape index (κ3) is 42.8. The van der Waals surface area contributed by atoms with E-state index in [1.165, 1.54) is 6.92 Å². The highest BCUT2D eigenvalue weighted by Gasteiger charge is 2.01. The van der Waals surface area contributed by atoms with Crippen molar-refractivity contribution in [2.45, 2.75) is 34.1 Å². The molecule has 0 rings (SSSR count). The van der Waals surface area contributed by atoms with Gasteiger partial charge >= 0.3 is 0 Å². The molecule has 0 atom stereocenters. The Balaban J connectivity index is -0.00000216. The van der Waals surface area contributed by atoms with Crippen LogP contribution in [0.4, 0.5) is 0 Å². The Hall–Kier alpha value is -1.30. The molecular formula is C30H66N2O12. The Morgan fingerprint density at radius 2 is 0.795 bits per heavy atom. The Labute approximate surface area is 268 Å². The van der Waals surface area contributed by atoms with Crippen LogP contribution >= 0.6 is 0 Å². The predicted molar refractivity (Wildman–Crippen MR) is 171 cm³/mol. The van der Waals surface area contributed by atoms with E-state index >= 15 is 0 Å². The second-order valence-corrected chi connectivity index (χ2v) is 8.72. The summed E-state index contributed by atoms with van der Waals surface area (Å²) in [5, 5.41) is 5.94. The van der Waals surface area contributed by atoms with E-state index in [2.05, 4.69) is 17.6 Å². The zero-order chi connectivity index (χ0) is 32.6. The summed E-state index contributed by atoms with van der Waals surface area (Å²) < 4.78 is 53.8. The second-order valence-electron chi connectivity index (χ2n) is 8.72. The molecule has 0 aromatic heterocycles. The lowest BCUT2D eigenvalue weighted by atomic mass is 10.4. The third-order valence-electron chi connectivity index (χ3n) is 5.00. The van der Waals surface area contributed by atoms with Crippen LogP contribution < -0.4 is 10.6 Å². The van der Waals surface area contributed by atoms with Gasteiger partial charge in [-0.2, -0.15) is 0 Å². The number of nitrogens with one attached hydrogen (secondary N) is 2. The fraction of sp³-hybridized carbons (Fsp3) is 0.933. The zero-order valence-electron chi connectivity index (χ0n) is 27.9. The van der Waals surface area contributed by atoms with E-state index in [9.17, 15) is 9.59 Å². The van der Waals surface area contributed by atoms with Crippen molar-refractivity contribution < 1.29 is 59.8 Å². The van der Waals surface area contributed by atoms with Gasteiger partial charge < -0.3 is 58.0 Å². The number of amides is 1. The molecule has 0 aliphatic carbocycles. The van der Waals surface area contributed by atoms with Gasteiger partial charge in [-0.1, -0.05) is 20.8 Å². The van der Waals surface area contributed by atoms with Gasteiger partial charge in [0.05, 0.1) is 126 Å².